The Labute approximate surface area is 125 Å². The number of nitrogens with zero attached hydrogens (tertiary/aromatic N) is 2. The summed E-state index contributed by atoms with van der Waals surface area (Å²) in [6, 6.07) is 7.73. The molecule has 1 aromatic heterocycles. The van der Waals surface area contributed by atoms with Crippen molar-refractivity contribution in [1.82, 2.24) is 9.78 Å². The molecule has 0 spiro atoms. The highest BCUT2D eigenvalue weighted by Gasteiger charge is 2.22. The van der Waals surface area contributed by atoms with Gasteiger partial charge in [-0.2, -0.15) is 5.10 Å². The summed E-state index contributed by atoms with van der Waals surface area (Å²) < 4.78 is 12.8. The lowest BCUT2D eigenvalue weighted by atomic mass is 10.0. The van der Waals surface area contributed by atoms with Gasteiger partial charge in [0.2, 0.25) is 0 Å². The molecule has 2 rings (SSSR count). The van der Waals surface area contributed by atoms with E-state index in [0.29, 0.717) is 12.4 Å². The van der Waals surface area contributed by atoms with Crippen LogP contribution in [0.3, 0.4) is 0 Å². The Kier molecular flexibility index (Phi) is 4.85. The second kappa shape index (κ2) is 6.63. The number of rotatable bonds is 6. The SMILES string of the molecule is CCOc1cccc(C(N)c2c(OC)cnn2C(C)C)c1. The number of hydrogen-bond acceptors (Lipinski definition) is 4. The molecule has 0 radical (unpaired) electrons. The van der Waals surface area contributed by atoms with E-state index in [1.54, 1.807) is 13.3 Å². The molecule has 1 heterocycles. The number of ether oxygens (including phenoxy) is 2. The summed E-state index contributed by atoms with van der Waals surface area (Å²) in [5, 5.41) is 4.37. The Hall–Kier alpha value is -2.01. The lowest BCUT2D eigenvalue weighted by Gasteiger charge is -2.19. The first-order valence-corrected chi connectivity index (χ1v) is 7.18. The van der Waals surface area contributed by atoms with E-state index in [4.69, 9.17) is 15.2 Å². The fraction of sp³-hybridized carbons (Fsp3) is 0.438. The van der Waals surface area contributed by atoms with Crippen LogP contribution in [-0.4, -0.2) is 23.5 Å². The molecular weight excluding hydrogens is 266 g/mol. The lowest BCUT2D eigenvalue weighted by molar-refractivity contribution is 0.339. The summed E-state index contributed by atoms with van der Waals surface area (Å²) in [5.74, 6) is 1.53. The molecule has 21 heavy (non-hydrogen) atoms. The Morgan fingerprint density at radius 3 is 2.71 bits per heavy atom. The Bertz CT molecular complexity index is 593. The Morgan fingerprint density at radius 2 is 2.10 bits per heavy atom. The third-order valence-corrected chi connectivity index (χ3v) is 3.33. The predicted octanol–water partition coefficient (Wildman–Crippen LogP) is 2.92. The van der Waals surface area contributed by atoms with Crippen molar-refractivity contribution in [2.24, 2.45) is 5.73 Å². The first-order valence-electron chi connectivity index (χ1n) is 7.18. The maximum Gasteiger partial charge on any atom is 0.161 e. The molecule has 2 aromatic rings. The van der Waals surface area contributed by atoms with E-state index in [1.807, 2.05) is 35.9 Å². The van der Waals surface area contributed by atoms with E-state index in [0.717, 1.165) is 17.0 Å². The molecule has 0 saturated carbocycles. The van der Waals surface area contributed by atoms with Crippen LogP contribution < -0.4 is 15.2 Å². The largest absolute Gasteiger partial charge is 0.494 e. The van der Waals surface area contributed by atoms with E-state index in [1.165, 1.54) is 0 Å². The summed E-state index contributed by atoms with van der Waals surface area (Å²) in [5.41, 5.74) is 8.29. The molecule has 1 unspecified atom stereocenters. The van der Waals surface area contributed by atoms with Gasteiger partial charge in [-0.1, -0.05) is 12.1 Å². The van der Waals surface area contributed by atoms with Crippen LogP contribution in [0.1, 0.15) is 44.1 Å². The molecular formula is C16H23N3O2. The van der Waals surface area contributed by atoms with Crippen LogP contribution in [0.4, 0.5) is 0 Å². The van der Waals surface area contributed by atoms with E-state index in [9.17, 15) is 0 Å². The normalized spacial score (nSPS) is 12.5. The molecule has 0 amide bonds. The van der Waals surface area contributed by atoms with Gasteiger partial charge in [-0.15, -0.1) is 0 Å². The first-order chi connectivity index (χ1) is 10.1. The molecule has 0 fully saturated rings. The molecule has 0 saturated heterocycles. The van der Waals surface area contributed by atoms with E-state index in [-0.39, 0.29) is 12.1 Å². The highest BCUT2D eigenvalue weighted by molar-refractivity contribution is 5.39. The summed E-state index contributed by atoms with van der Waals surface area (Å²) in [7, 11) is 1.63. The van der Waals surface area contributed by atoms with Crippen LogP contribution in [0, 0.1) is 0 Å². The van der Waals surface area contributed by atoms with Crippen molar-refractivity contribution in [2.45, 2.75) is 32.9 Å². The second-order valence-electron chi connectivity index (χ2n) is 5.12. The zero-order chi connectivity index (χ0) is 15.4. The third-order valence-electron chi connectivity index (χ3n) is 3.33. The molecule has 114 valence electrons. The minimum Gasteiger partial charge on any atom is -0.494 e. The lowest BCUT2D eigenvalue weighted by Crippen LogP contribution is -2.19. The van der Waals surface area contributed by atoms with E-state index in [2.05, 4.69) is 18.9 Å². The molecule has 1 atom stereocenters. The number of aromatic nitrogens is 2. The van der Waals surface area contributed by atoms with Crippen LogP contribution in [0.25, 0.3) is 0 Å². The number of benzene rings is 1. The topological polar surface area (TPSA) is 62.3 Å². The summed E-state index contributed by atoms with van der Waals surface area (Å²) in [6.45, 7) is 6.73. The molecule has 0 aliphatic rings. The van der Waals surface area contributed by atoms with Gasteiger partial charge in [0, 0.05) is 6.04 Å². The fourth-order valence-corrected chi connectivity index (χ4v) is 2.34. The first kappa shape index (κ1) is 15.4. The van der Waals surface area contributed by atoms with Crippen LogP contribution in [-0.2, 0) is 0 Å². The molecule has 1 aromatic carbocycles. The monoisotopic (exact) mass is 289 g/mol. The molecule has 0 aliphatic carbocycles. The number of methoxy groups -OCH3 is 1. The second-order valence-corrected chi connectivity index (χ2v) is 5.12. The highest BCUT2D eigenvalue weighted by atomic mass is 16.5. The average Bonchev–Trinajstić information content (AvgIpc) is 2.91. The summed E-state index contributed by atoms with van der Waals surface area (Å²) in [6.07, 6.45) is 1.71. The zero-order valence-electron chi connectivity index (χ0n) is 13.0. The maximum absolute atomic E-state index is 6.44. The highest BCUT2D eigenvalue weighted by Crippen LogP contribution is 2.31. The standard InChI is InChI=1S/C16H23N3O2/c1-5-21-13-8-6-7-12(9-13)15(17)16-14(20-4)10-18-19(16)11(2)3/h6-11,15H,5,17H2,1-4H3. The van der Waals surface area contributed by atoms with Crippen molar-refractivity contribution >= 4 is 0 Å². The predicted molar refractivity (Wildman–Crippen MR) is 82.8 cm³/mol. The number of nitrogens with two attached hydrogens (primary N) is 1. The van der Waals surface area contributed by atoms with Crippen molar-refractivity contribution < 1.29 is 9.47 Å². The Morgan fingerprint density at radius 1 is 1.33 bits per heavy atom. The summed E-state index contributed by atoms with van der Waals surface area (Å²) >= 11 is 0. The van der Waals surface area contributed by atoms with Crippen molar-refractivity contribution in [2.75, 3.05) is 13.7 Å². The van der Waals surface area contributed by atoms with Crippen LogP contribution in [0.15, 0.2) is 30.5 Å². The van der Waals surface area contributed by atoms with Gasteiger partial charge in [-0.25, -0.2) is 0 Å². The van der Waals surface area contributed by atoms with Crippen molar-refractivity contribution in [3.8, 4) is 11.5 Å². The van der Waals surface area contributed by atoms with E-state index < -0.39 is 0 Å². The minimum atomic E-state index is -0.315. The van der Waals surface area contributed by atoms with Gasteiger partial charge in [0.15, 0.2) is 5.75 Å². The molecule has 5 nitrogen and oxygen atoms in total. The van der Waals surface area contributed by atoms with Gasteiger partial charge in [0.1, 0.15) is 11.4 Å². The summed E-state index contributed by atoms with van der Waals surface area (Å²) in [4.78, 5) is 0. The molecule has 2 N–H and O–H groups in total. The fourth-order valence-electron chi connectivity index (χ4n) is 2.34. The van der Waals surface area contributed by atoms with Gasteiger partial charge >= 0.3 is 0 Å². The van der Waals surface area contributed by atoms with Crippen molar-refractivity contribution in [1.29, 1.82) is 0 Å². The minimum absolute atomic E-state index is 0.213. The average molecular weight is 289 g/mol. The van der Waals surface area contributed by atoms with E-state index >= 15 is 0 Å². The van der Waals surface area contributed by atoms with Gasteiger partial charge in [0.25, 0.3) is 0 Å². The zero-order valence-corrected chi connectivity index (χ0v) is 13.0. The van der Waals surface area contributed by atoms with Crippen LogP contribution in [0.5, 0.6) is 11.5 Å². The molecule has 0 aliphatic heterocycles. The van der Waals surface area contributed by atoms with Crippen LogP contribution in [0.2, 0.25) is 0 Å². The number of hydrogen-bond donors (Lipinski definition) is 1. The van der Waals surface area contributed by atoms with Crippen molar-refractivity contribution in [3.63, 3.8) is 0 Å². The maximum atomic E-state index is 6.44. The molecule has 0 bridgehead atoms. The van der Waals surface area contributed by atoms with Gasteiger partial charge in [0.05, 0.1) is 26.0 Å². The third kappa shape index (κ3) is 3.19. The van der Waals surface area contributed by atoms with Gasteiger partial charge < -0.3 is 15.2 Å². The quantitative estimate of drug-likeness (QED) is 0.888. The molecule has 5 heteroatoms. The van der Waals surface area contributed by atoms with Crippen LogP contribution >= 0.6 is 0 Å². The Balaban J connectivity index is 2.41. The van der Waals surface area contributed by atoms with Gasteiger partial charge in [-0.05, 0) is 38.5 Å². The smallest absolute Gasteiger partial charge is 0.161 e. The van der Waals surface area contributed by atoms with Gasteiger partial charge in [-0.3, -0.25) is 4.68 Å². The van der Waals surface area contributed by atoms with Crippen molar-refractivity contribution in [3.05, 3.63) is 41.7 Å².